The van der Waals surface area contributed by atoms with Gasteiger partial charge < -0.3 is 14.0 Å². The molecule has 27 heavy (non-hydrogen) atoms. The van der Waals surface area contributed by atoms with Gasteiger partial charge in [0.05, 0.1) is 0 Å². The van der Waals surface area contributed by atoms with Gasteiger partial charge >= 0.3 is 5.69 Å². The van der Waals surface area contributed by atoms with Crippen molar-refractivity contribution < 1.29 is 9.47 Å². The highest BCUT2D eigenvalue weighted by Gasteiger charge is 2.18. The molecule has 0 saturated heterocycles. The van der Waals surface area contributed by atoms with Crippen molar-refractivity contribution in [1.82, 2.24) is 18.7 Å². The first-order chi connectivity index (χ1) is 13.0. The molecule has 2 aromatic heterocycles. The third-order valence-corrected chi connectivity index (χ3v) is 4.73. The number of nitrogens with zero attached hydrogens (tertiary/aromatic N) is 4. The van der Waals surface area contributed by atoms with Crippen LogP contribution >= 0.6 is 0 Å². The smallest absolute Gasteiger partial charge is 0.332 e. The molecule has 3 heterocycles. The summed E-state index contributed by atoms with van der Waals surface area (Å²) < 4.78 is 15.2. The highest BCUT2D eigenvalue weighted by atomic mass is 16.7. The maximum Gasteiger partial charge on any atom is 0.332 e. The average Bonchev–Trinajstić information content (AvgIpc) is 3.25. The van der Waals surface area contributed by atoms with E-state index in [-0.39, 0.29) is 18.0 Å². The minimum absolute atomic E-state index is 0.228. The monoisotopic (exact) mass is 368 g/mol. The topological polar surface area (TPSA) is 80.3 Å². The highest BCUT2D eigenvalue weighted by molar-refractivity contribution is 5.77. The van der Waals surface area contributed by atoms with Gasteiger partial charge in [0.15, 0.2) is 22.7 Å². The Balaban J connectivity index is 1.83. The lowest BCUT2D eigenvalue weighted by atomic mass is 10.2. The van der Waals surface area contributed by atoms with E-state index < -0.39 is 0 Å². The Labute approximate surface area is 154 Å². The second-order valence-corrected chi connectivity index (χ2v) is 6.22. The Hall–Kier alpha value is -3.29. The fraction of sp³-hybridized carbons (Fsp3) is 0.316. The molecular formula is C19H20N4O4. The van der Waals surface area contributed by atoms with E-state index in [0.717, 1.165) is 11.3 Å². The standard InChI is InChI=1S/C19H20N4O4/c1-4-22-17-16(18(24)23(5-2)19(22)25)21(3)15(20-17)9-7-12-6-8-13-14(10-12)27-11-26-13/h6-10H,4-5,11H2,1-3H3/b9-7+. The molecule has 0 saturated carbocycles. The van der Waals surface area contributed by atoms with E-state index in [0.29, 0.717) is 35.8 Å². The number of hydrogen-bond acceptors (Lipinski definition) is 5. The largest absolute Gasteiger partial charge is 0.454 e. The molecule has 0 amide bonds. The van der Waals surface area contributed by atoms with Crippen LogP contribution in [0.4, 0.5) is 0 Å². The number of ether oxygens (including phenoxy) is 2. The Morgan fingerprint density at radius 2 is 1.81 bits per heavy atom. The zero-order valence-electron chi connectivity index (χ0n) is 15.4. The van der Waals surface area contributed by atoms with E-state index in [1.54, 1.807) is 18.5 Å². The zero-order valence-corrected chi connectivity index (χ0v) is 15.4. The van der Waals surface area contributed by atoms with Crippen LogP contribution in [0.2, 0.25) is 0 Å². The van der Waals surface area contributed by atoms with Crippen LogP contribution in [0.25, 0.3) is 23.3 Å². The van der Waals surface area contributed by atoms with Crippen LogP contribution in [0.15, 0.2) is 27.8 Å². The molecule has 8 heteroatoms. The summed E-state index contributed by atoms with van der Waals surface area (Å²) in [6, 6.07) is 5.65. The van der Waals surface area contributed by atoms with Crippen LogP contribution in [0, 0.1) is 0 Å². The Morgan fingerprint density at radius 3 is 2.56 bits per heavy atom. The summed E-state index contributed by atoms with van der Waals surface area (Å²) in [6.45, 7) is 4.64. The van der Waals surface area contributed by atoms with Gasteiger partial charge in [-0.1, -0.05) is 12.1 Å². The van der Waals surface area contributed by atoms with Crippen LogP contribution in [0.1, 0.15) is 25.2 Å². The van der Waals surface area contributed by atoms with Crippen molar-refractivity contribution in [3.05, 3.63) is 50.4 Å². The van der Waals surface area contributed by atoms with Gasteiger partial charge in [-0.2, -0.15) is 0 Å². The molecule has 4 rings (SSSR count). The maximum atomic E-state index is 12.7. The Morgan fingerprint density at radius 1 is 1.07 bits per heavy atom. The fourth-order valence-corrected chi connectivity index (χ4v) is 3.28. The average molecular weight is 368 g/mol. The number of fused-ring (bicyclic) bond motifs is 2. The van der Waals surface area contributed by atoms with Crippen LogP contribution in [-0.4, -0.2) is 25.5 Å². The molecule has 0 N–H and O–H groups in total. The van der Waals surface area contributed by atoms with Crippen LogP contribution in [0.5, 0.6) is 11.5 Å². The summed E-state index contributed by atoms with van der Waals surface area (Å²) in [5.74, 6) is 2.02. The Bertz CT molecular complexity index is 1180. The molecular weight excluding hydrogens is 348 g/mol. The molecule has 0 fully saturated rings. The van der Waals surface area contributed by atoms with Gasteiger partial charge in [-0.25, -0.2) is 9.78 Å². The van der Waals surface area contributed by atoms with Crippen molar-refractivity contribution in [1.29, 1.82) is 0 Å². The Kier molecular flexibility index (Phi) is 4.10. The second kappa shape index (κ2) is 6.46. The van der Waals surface area contributed by atoms with Crippen LogP contribution in [0.3, 0.4) is 0 Å². The first-order valence-corrected chi connectivity index (χ1v) is 8.83. The van der Waals surface area contributed by atoms with Gasteiger partial charge in [-0.05, 0) is 37.6 Å². The molecule has 8 nitrogen and oxygen atoms in total. The van der Waals surface area contributed by atoms with E-state index in [2.05, 4.69) is 4.98 Å². The molecule has 1 aliphatic heterocycles. The lowest BCUT2D eigenvalue weighted by Gasteiger charge is -2.08. The molecule has 140 valence electrons. The van der Waals surface area contributed by atoms with E-state index >= 15 is 0 Å². The molecule has 0 radical (unpaired) electrons. The van der Waals surface area contributed by atoms with E-state index in [9.17, 15) is 9.59 Å². The highest BCUT2D eigenvalue weighted by Crippen LogP contribution is 2.33. The van der Waals surface area contributed by atoms with Crippen molar-refractivity contribution in [3.8, 4) is 11.5 Å². The second-order valence-electron chi connectivity index (χ2n) is 6.22. The molecule has 1 aromatic carbocycles. The van der Waals surface area contributed by atoms with Gasteiger partial charge in [0.2, 0.25) is 6.79 Å². The van der Waals surface area contributed by atoms with Crippen molar-refractivity contribution in [2.24, 2.45) is 7.05 Å². The van der Waals surface area contributed by atoms with Crippen molar-refractivity contribution in [2.45, 2.75) is 26.9 Å². The zero-order chi connectivity index (χ0) is 19.1. The molecule has 0 bridgehead atoms. The summed E-state index contributed by atoms with van der Waals surface area (Å²) in [5, 5.41) is 0. The predicted octanol–water partition coefficient (Wildman–Crippen LogP) is 1.84. The van der Waals surface area contributed by atoms with E-state index in [1.807, 2.05) is 37.3 Å². The van der Waals surface area contributed by atoms with E-state index in [4.69, 9.17) is 9.47 Å². The summed E-state index contributed by atoms with van der Waals surface area (Å²) in [4.78, 5) is 29.8. The van der Waals surface area contributed by atoms with Crippen molar-refractivity contribution in [2.75, 3.05) is 6.79 Å². The minimum atomic E-state index is -0.332. The lowest BCUT2D eigenvalue weighted by Crippen LogP contribution is -2.39. The normalized spacial score (nSPS) is 13.1. The van der Waals surface area contributed by atoms with Crippen molar-refractivity contribution in [3.63, 3.8) is 0 Å². The maximum absolute atomic E-state index is 12.7. The van der Waals surface area contributed by atoms with Gasteiger partial charge in [0.25, 0.3) is 5.56 Å². The number of hydrogen-bond donors (Lipinski definition) is 0. The SMILES string of the molecule is CCn1c(=O)c2c(nc(/C=C/c3ccc4c(c3)OCO4)n2C)n(CC)c1=O. The molecule has 0 spiro atoms. The molecule has 3 aromatic rings. The number of rotatable bonds is 4. The van der Waals surface area contributed by atoms with E-state index in [1.165, 1.54) is 9.13 Å². The summed E-state index contributed by atoms with van der Waals surface area (Å²) in [7, 11) is 1.78. The predicted molar refractivity (Wildman–Crippen MR) is 102 cm³/mol. The van der Waals surface area contributed by atoms with Gasteiger partial charge in [-0.15, -0.1) is 0 Å². The molecule has 0 atom stereocenters. The third kappa shape index (κ3) is 2.64. The lowest BCUT2D eigenvalue weighted by molar-refractivity contribution is 0.174. The van der Waals surface area contributed by atoms with Gasteiger partial charge in [0.1, 0.15) is 5.82 Å². The first-order valence-electron chi connectivity index (χ1n) is 8.83. The van der Waals surface area contributed by atoms with Crippen LogP contribution in [-0.2, 0) is 20.1 Å². The van der Waals surface area contributed by atoms with Gasteiger partial charge in [-0.3, -0.25) is 13.9 Å². The quantitative estimate of drug-likeness (QED) is 0.702. The fourth-order valence-electron chi connectivity index (χ4n) is 3.28. The number of aryl methyl sites for hydroxylation is 2. The molecule has 1 aliphatic rings. The molecule has 0 unspecified atom stereocenters. The van der Waals surface area contributed by atoms with Crippen LogP contribution < -0.4 is 20.7 Å². The first kappa shape index (κ1) is 17.1. The summed E-state index contributed by atoms with van der Waals surface area (Å²) in [5.41, 5.74) is 1.10. The third-order valence-electron chi connectivity index (χ3n) is 4.73. The molecule has 0 aliphatic carbocycles. The summed E-state index contributed by atoms with van der Waals surface area (Å²) in [6.07, 6.45) is 3.70. The van der Waals surface area contributed by atoms with Gasteiger partial charge in [0, 0.05) is 20.1 Å². The number of imidazole rings is 1. The minimum Gasteiger partial charge on any atom is -0.454 e. The number of aromatic nitrogens is 4. The number of benzene rings is 1. The summed E-state index contributed by atoms with van der Waals surface area (Å²) >= 11 is 0. The van der Waals surface area contributed by atoms with Crippen molar-refractivity contribution >= 4 is 23.3 Å².